The summed E-state index contributed by atoms with van der Waals surface area (Å²) in [6.45, 7) is 10.7. The minimum atomic E-state index is -0.560. The van der Waals surface area contributed by atoms with Crippen molar-refractivity contribution in [1.29, 1.82) is 0 Å². The Morgan fingerprint density at radius 1 is 1.10 bits per heavy atom. The lowest BCUT2D eigenvalue weighted by Crippen LogP contribution is -2.63. The highest BCUT2D eigenvalue weighted by atomic mass is 79.9. The maximum absolute atomic E-state index is 15.9. The van der Waals surface area contributed by atoms with E-state index in [2.05, 4.69) is 50.0 Å². The molecule has 11 nitrogen and oxygen atoms in total. The van der Waals surface area contributed by atoms with E-state index in [1.807, 2.05) is 44.9 Å². The number of benzene rings is 1. The van der Waals surface area contributed by atoms with Crippen molar-refractivity contribution in [2.24, 2.45) is 0 Å². The van der Waals surface area contributed by atoms with Crippen molar-refractivity contribution in [2.75, 3.05) is 32.5 Å². The van der Waals surface area contributed by atoms with Crippen molar-refractivity contribution in [2.45, 2.75) is 109 Å². The normalized spacial score (nSPS) is 25.6. The van der Waals surface area contributed by atoms with Crippen molar-refractivity contribution in [3.63, 3.8) is 0 Å². The zero-order valence-electron chi connectivity index (χ0n) is 28.9. The lowest BCUT2D eigenvalue weighted by molar-refractivity contribution is -0.0396. The van der Waals surface area contributed by atoms with Gasteiger partial charge in [-0.05, 0) is 120 Å². The number of ether oxygens (including phenoxy) is 4. The number of carbonyl (C=O) groups excluding carboxylic acids is 1. The van der Waals surface area contributed by atoms with Crippen LogP contribution in [0.4, 0.5) is 15.0 Å². The summed E-state index contributed by atoms with van der Waals surface area (Å²) in [5, 5.41) is 13.7. The minimum absolute atomic E-state index is 0.0256. The second-order valence-electron chi connectivity index (χ2n) is 14.8. The molecule has 260 valence electrons. The lowest BCUT2D eigenvalue weighted by atomic mass is 9.82. The van der Waals surface area contributed by atoms with Crippen LogP contribution in [0, 0.1) is 5.82 Å². The monoisotopic (exact) mass is 728 g/mol. The van der Waals surface area contributed by atoms with Crippen molar-refractivity contribution < 1.29 is 28.1 Å². The molecule has 0 aliphatic carbocycles. The first-order chi connectivity index (χ1) is 22.7. The summed E-state index contributed by atoms with van der Waals surface area (Å²) in [5.41, 5.74) is 0.624. The molecule has 48 heavy (non-hydrogen) atoms. The van der Waals surface area contributed by atoms with Crippen LogP contribution in [-0.2, 0) is 14.2 Å². The number of anilines is 1. The molecule has 2 bridgehead atoms. The average Bonchev–Trinajstić information content (AvgIpc) is 3.50. The molecule has 3 aliphatic heterocycles. The van der Waals surface area contributed by atoms with Gasteiger partial charge in [0.25, 0.3) is 0 Å². The molecular formula is C35H46BrFN6O5. The van der Waals surface area contributed by atoms with E-state index in [1.54, 1.807) is 16.9 Å². The summed E-state index contributed by atoms with van der Waals surface area (Å²) in [6.07, 6.45) is 7.68. The summed E-state index contributed by atoms with van der Waals surface area (Å²) in [7, 11) is 3.55. The molecule has 5 heterocycles. The van der Waals surface area contributed by atoms with E-state index in [1.165, 1.54) is 13.2 Å². The van der Waals surface area contributed by atoms with Gasteiger partial charge in [-0.1, -0.05) is 0 Å². The Kier molecular flexibility index (Phi) is 9.51. The Morgan fingerprint density at radius 2 is 1.83 bits per heavy atom. The molecule has 0 saturated carbocycles. The molecule has 3 aromatic rings. The van der Waals surface area contributed by atoms with Crippen molar-refractivity contribution in [3.05, 3.63) is 40.9 Å². The number of nitrogens with zero attached hydrogens (tertiary/aromatic N) is 6. The smallest absolute Gasteiger partial charge is 0.411 e. The number of hydrogen-bond acceptors (Lipinski definition) is 9. The van der Waals surface area contributed by atoms with Gasteiger partial charge in [0.05, 0.1) is 5.69 Å². The summed E-state index contributed by atoms with van der Waals surface area (Å²) in [4.78, 5) is 17.4. The number of rotatable bonds is 8. The van der Waals surface area contributed by atoms with Gasteiger partial charge in [0.15, 0.2) is 12.6 Å². The van der Waals surface area contributed by atoms with Crippen LogP contribution in [0.25, 0.3) is 22.4 Å². The quantitative estimate of drug-likeness (QED) is 0.216. The van der Waals surface area contributed by atoms with Crippen LogP contribution < -0.4 is 9.64 Å². The van der Waals surface area contributed by atoms with Gasteiger partial charge in [-0.15, -0.1) is 10.2 Å². The van der Waals surface area contributed by atoms with Gasteiger partial charge in [0, 0.05) is 60.8 Å². The first kappa shape index (κ1) is 34.6. The van der Waals surface area contributed by atoms with Crippen LogP contribution in [0.2, 0.25) is 0 Å². The van der Waals surface area contributed by atoms with Gasteiger partial charge in [-0.2, -0.15) is 5.10 Å². The van der Waals surface area contributed by atoms with Crippen LogP contribution >= 0.6 is 15.9 Å². The fourth-order valence-electron chi connectivity index (χ4n) is 7.59. The first-order valence-corrected chi connectivity index (χ1v) is 17.4. The standard InChI is InChI=1S/C35H46BrFN6O5/c1-33(2,3)48-32(44)43-34(4)13-14-35(43,5)19-22(18-34)41(6)29-12-11-27(38-39-29)24-16-26(37)23(17-28(24)47-21-45-7)25-20-42(40-31(25)36)30-10-8-9-15-46-30/h11-12,16-17,20,22,30H,8-10,13-15,18-19,21H2,1-7H3/t22?,30?,34-,35+. The highest BCUT2D eigenvalue weighted by molar-refractivity contribution is 9.10. The molecule has 2 unspecified atom stereocenters. The molecule has 0 N–H and O–H groups in total. The number of hydrogen-bond donors (Lipinski definition) is 0. The average molecular weight is 730 g/mol. The van der Waals surface area contributed by atoms with Crippen LogP contribution in [-0.4, -0.2) is 81.2 Å². The third-order valence-corrected chi connectivity index (χ3v) is 10.5. The molecule has 6 rings (SSSR count). The van der Waals surface area contributed by atoms with Gasteiger partial charge in [-0.25, -0.2) is 13.9 Å². The summed E-state index contributed by atoms with van der Waals surface area (Å²) in [6, 6.07) is 6.92. The van der Waals surface area contributed by atoms with Gasteiger partial charge < -0.3 is 23.8 Å². The summed E-state index contributed by atoms with van der Waals surface area (Å²) < 4.78 is 40.9. The second-order valence-corrected chi connectivity index (χ2v) is 15.5. The molecule has 1 amide bonds. The highest BCUT2D eigenvalue weighted by Crippen LogP contribution is 2.52. The Bertz CT molecular complexity index is 1620. The number of piperidine rings is 1. The SMILES string of the molecule is COCOc1cc(-c2cn(C3CCCCO3)nc2Br)c(F)cc1-c1ccc(N(C)C2C[C@]3(C)CC[C@](C)(C2)N3C(=O)OC(C)(C)C)nn1. The molecule has 0 radical (unpaired) electrons. The lowest BCUT2D eigenvalue weighted by Gasteiger charge is -2.52. The maximum Gasteiger partial charge on any atom is 0.411 e. The third kappa shape index (κ3) is 6.78. The summed E-state index contributed by atoms with van der Waals surface area (Å²) in [5.74, 6) is 0.652. The Morgan fingerprint density at radius 3 is 2.44 bits per heavy atom. The highest BCUT2D eigenvalue weighted by Gasteiger charge is 2.59. The topological polar surface area (TPSA) is 104 Å². The van der Waals surface area contributed by atoms with Gasteiger partial charge in [0.1, 0.15) is 28.0 Å². The van der Waals surface area contributed by atoms with Gasteiger partial charge in [0.2, 0.25) is 0 Å². The van der Waals surface area contributed by atoms with Crippen molar-refractivity contribution in [3.8, 4) is 28.1 Å². The van der Waals surface area contributed by atoms with Gasteiger partial charge >= 0.3 is 6.09 Å². The van der Waals surface area contributed by atoms with Crippen molar-refractivity contribution >= 4 is 27.8 Å². The molecule has 3 aliphatic rings. The Hall–Kier alpha value is -3.29. The molecule has 0 spiro atoms. The number of amides is 1. The van der Waals surface area contributed by atoms with E-state index in [0.29, 0.717) is 45.2 Å². The zero-order chi connectivity index (χ0) is 34.4. The fraction of sp³-hybridized carbons (Fsp3) is 0.600. The van der Waals surface area contributed by atoms with E-state index >= 15 is 4.39 Å². The summed E-state index contributed by atoms with van der Waals surface area (Å²) >= 11 is 3.52. The molecule has 1 aromatic carbocycles. The Labute approximate surface area is 290 Å². The predicted molar refractivity (Wildman–Crippen MR) is 183 cm³/mol. The predicted octanol–water partition coefficient (Wildman–Crippen LogP) is 7.74. The van der Waals surface area contributed by atoms with E-state index in [-0.39, 0.29) is 36.2 Å². The van der Waals surface area contributed by atoms with Gasteiger partial charge in [-0.3, -0.25) is 4.90 Å². The molecule has 2 aromatic heterocycles. The number of fused-ring (bicyclic) bond motifs is 2. The molecular weight excluding hydrogens is 683 g/mol. The van der Waals surface area contributed by atoms with Crippen molar-refractivity contribution in [1.82, 2.24) is 24.9 Å². The second kappa shape index (κ2) is 13.2. The molecule has 13 heteroatoms. The maximum atomic E-state index is 15.9. The number of carbonyl (C=O) groups is 1. The molecule has 3 saturated heterocycles. The first-order valence-electron chi connectivity index (χ1n) is 16.6. The van der Waals surface area contributed by atoms with E-state index in [9.17, 15) is 4.79 Å². The molecule has 4 atom stereocenters. The van der Waals surface area contributed by atoms with E-state index < -0.39 is 11.4 Å². The van der Waals surface area contributed by atoms with E-state index in [0.717, 1.165) is 44.9 Å². The zero-order valence-corrected chi connectivity index (χ0v) is 30.5. The van der Waals surface area contributed by atoms with Crippen LogP contribution in [0.15, 0.2) is 35.1 Å². The van der Waals surface area contributed by atoms with E-state index in [4.69, 9.17) is 18.9 Å². The third-order valence-electron chi connectivity index (χ3n) is 9.87. The number of halogens is 2. The number of aromatic nitrogens is 4. The van der Waals surface area contributed by atoms with Crippen LogP contribution in [0.3, 0.4) is 0 Å². The number of methoxy groups -OCH3 is 1. The Balaban J connectivity index is 1.24. The van der Waals surface area contributed by atoms with Crippen LogP contribution in [0.5, 0.6) is 5.75 Å². The molecule has 3 fully saturated rings. The minimum Gasteiger partial charge on any atom is -0.467 e. The largest absolute Gasteiger partial charge is 0.467 e. The fourth-order valence-corrected chi connectivity index (χ4v) is 8.09. The van der Waals surface area contributed by atoms with Crippen LogP contribution in [0.1, 0.15) is 85.8 Å².